The van der Waals surface area contributed by atoms with Crippen molar-refractivity contribution in [2.24, 2.45) is 6.98 Å². The lowest BCUT2D eigenvalue weighted by Gasteiger charge is -2.40. The third-order valence-corrected chi connectivity index (χ3v) is 6.58. The summed E-state index contributed by atoms with van der Waals surface area (Å²) < 4.78 is 37.3. The van der Waals surface area contributed by atoms with Crippen molar-refractivity contribution >= 4 is 5.95 Å². The molecule has 1 saturated carbocycles. The van der Waals surface area contributed by atoms with Crippen LogP contribution in [0.2, 0.25) is 0 Å². The van der Waals surface area contributed by atoms with E-state index in [4.69, 9.17) is 4.11 Å². The smallest absolute Gasteiger partial charge is 0.245 e. The first-order valence-electron chi connectivity index (χ1n) is 12.3. The molecule has 1 aliphatic carbocycles. The number of aromatic hydroxyl groups is 1. The molecule has 4 atom stereocenters. The summed E-state index contributed by atoms with van der Waals surface area (Å²) in [6.07, 6.45) is 5.09. The van der Waals surface area contributed by atoms with Gasteiger partial charge in [0.25, 0.3) is 0 Å². The van der Waals surface area contributed by atoms with E-state index in [1.165, 1.54) is 12.3 Å². The number of tetrazole rings is 1. The Morgan fingerprint density at radius 1 is 1.22 bits per heavy atom. The van der Waals surface area contributed by atoms with Crippen LogP contribution in [0.25, 0.3) is 22.6 Å². The van der Waals surface area contributed by atoms with Gasteiger partial charge in [-0.15, -0.1) is 20.4 Å². The molecule has 1 aromatic carbocycles. The van der Waals surface area contributed by atoms with Crippen LogP contribution in [0.3, 0.4) is 0 Å². The maximum atomic E-state index is 15.2. The number of phenolic OH excluding ortho intramolecular Hbond substituents is 1. The van der Waals surface area contributed by atoms with Crippen molar-refractivity contribution in [3.05, 3.63) is 24.4 Å². The van der Waals surface area contributed by atoms with Crippen LogP contribution in [0.1, 0.15) is 36.2 Å². The predicted octanol–water partition coefficient (Wildman–Crippen LogP) is 1.63. The summed E-state index contributed by atoms with van der Waals surface area (Å²) in [6, 6.07) is 4.81. The fourth-order valence-corrected chi connectivity index (χ4v) is 4.91. The molecule has 2 aromatic heterocycles. The van der Waals surface area contributed by atoms with E-state index in [0.717, 1.165) is 32.1 Å². The molecule has 2 bridgehead atoms. The van der Waals surface area contributed by atoms with Gasteiger partial charge >= 0.3 is 0 Å². The Morgan fingerprint density at radius 2 is 2.12 bits per heavy atom. The maximum absolute atomic E-state index is 15.2. The molecule has 2 aliphatic heterocycles. The summed E-state index contributed by atoms with van der Waals surface area (Å²) in [4.78, 5) is 7.06. The molecule has 10 nitrogen and oxygen atoms in total. The fraction of sp³-hybridized carbons (Fsp3) is 0.524. The zero-order valence-corrected chi connectivity index (χ0v) is 17.1. The first-order valence-corrected chi connectivity index (χ1v) is 10.8. The van der Waals surface area contributed by atoms with E-state index in [0.29, 0.717) is 33.6 Å². The van der Waals surface area contributed by atoms with E-state index in [9.17, 15) is 5.11 Å². The SMILES string of the molecule is [2H]C([2H])([2H])n1nnc(-c2ccc(-c3cnc(N(C4CC4)[C@@H]4C[C@@H]5CC[C@H](N5)[C@@H]4F)nn3)c(O)c2)n1. The molecule has 3 aliphatic rings. The zero-order valence-electron chi connectivity index (χ0n) is 20.1. The monoisotopic (exact) mass is 440 g/mol. The third-order valence-electron chi connectivity index (χ3n) is 6.58. The number of aryl methyl sites for hydroxylation is 1. The lowest BCUT2D eigenvalue weighted by Crippen LogP contribution is -2.57. The van der Waals surface area contributed by atoms with Gasteiger partial charge in [0.1, 0.15) is 17.6 Å². The minimum Gasteiger partial charge on any atom is -0.507 e. The highest BCUT2D eigenvalue weighted by Crippen LogP contribution is 2.39. The van der Waals surface area contributed by atoms with Gasteiger partial charge in [0.15, 0.2) is 0 Å². The molecule has 166 valence electrons. The molecule has 0 radical (unpaired) electrons. The quantitative estimate of drug-likeness (QED) is 0.610. The zero-order chi connectivity index (χ0) is 24.3. The number of hydrogen-bond acceptors (Lipinski definition) is 9. The van der Waals surface area contributed by atoms with Crippen LogP contribution in [0.15, 0.2) is 24.4 Å². The molecular formula is C21H24FN9O. The van der Waals surface area contributed by atoms with Gasteiger partial charge in [0, 0.05) is 33.4 Å². The van der Waals surface area contributed by atoms with Crippen molar-refractivity contribution in [1.82, 2.24) is 40.7 Å². The Bertz CT molecular complexity index is 1230. The summed E-state index contributed by atoms with van der Waals surface area (Å²) in [5, 5.41) is 33.7. The fourth-order valence-electron chi connectivity index (χ4n) is 4.91. The summed E-state index contributed by atoms with van der Waals surface area (Å²) in [6.45, 7) is -2.54. The molecule has 2 N–H and O–H groups in total. The van der Waals surface area contributed by atoms with Crippen LogP contribution in [0.5, 0.6) is 5.75 Å². The minimum atomic E-state index is -2.54. The first kappa shape index (κ1) is 16.4. The average Bonchev–Trinajstić information content (AvgIpc) is 3.37. The highest BCUT2D eigenvalue weighted by Gasteiger charge is 2.48. The summed E-state index contributed by atoms with van der Waals surface area (Å²) in [5.41, 5.74) is 1.15. The molecule has 4 heterocycles. The van der Waals surface area contributed by atoms with E-state index in [2.05, 4.69) is 35.9 Å². The third kappa shape index (κ3) is 3.36. The largest absolute Gasteiger partial charge is 0.507 e. The van der Waals surface area contributed by atoms with Gasteiger partial charge in [-0.3, -0.25) is 0 Å². The normalized spacial score (nSPS) is 28.7. The molecule has 0 spiro atoms. The molecule has 2 saturated heterocycles. The Labute approximate surface area is 188 Å². The Morgan fingerprint density at radius 3 is 2.84 bits per heavy atom. The standard InChI is InChI=1S/C21H24FN9O/c1-30-28-20(26-29-30)11-2-6-14(18(32)8-11)16-10-23-21(27-25-16)31(13-4-5-13)17-9-12-3-7-15(24-12)19(17)22/h2,6,8,10,12-13,15,17,19,24,32H,3-5,7,9H2,1H3/t12-,15-,17+,19-/m0/s1/i1D3. The Hall–Kier alpha value is -3.21. The van der Waals surface area contributed by atoms with Crippen molar-refractivity contribution in [2.75, 3.05) is 4.90 Å². The van der Waals surface area contributed by atoms with Crippen molar-refractivity contribution in [2.45, 2.75) is 62.4 Å². The Kier molecular flexibility index (Phi) is 3.82. The second-order valence-corrected chi connectivity index (χ2v) is 8.71. The summed E-state index contributed by atoms with van der Waals surface area (Å²) >= 11 is 0. The van der Waals surface area contributed by atoms with Crippen LogP contribution < -0.4 is 10.2 Å². The Balaban J connectivity index is 1.24. The number of aromatic nitrogens is 7. The van der Waals surface area contributed by atoms with Gasteiger partial charge in [0.05, 0.1) is 19.2 Å². The van der Waals surface area contributed by atoms with Crippen LogP contribution >= 0.6 is 0 Å². The number of anilines is 1. The highest BCUT2D eigenvalue weighted by molar-refractivity contribution is 5.71. The number of piperidine rings is 1. The van der Waals surface area contributed by atoms with Crippen molar-refractivity contribution in [1.29, 1.82) is 0 Å². The van der Waals surface area contributed by atoms with Gasteiger partial charge in [-0.25, -0.2) is 9.37 Å². The van der Waals surface area contributed by atoms with E-state index in [1.807, 2.05) is 4.90 Å². The van der Waals surface area contributed by atoms with Gasteiger partial charge in [-0.2, -0.15) is 4.80 Å². The molecule has 3 aromatic rings. The lowest BCUT2D eigenvalue weighted by molar-refractivity contribution is 0.171. The number of alkyl halides is 1. The van der Waals surface area contributed by atoms with Gasteiger partial charge in [0.2, 0.25) is 11.8 Å². The minimum absolute atomic E-state index is 0.0688. The molecule has 11 heteroatoms. The van der Waals surface area contributed by atoms with Crippen LogP contribution in [0, 0.1) is 0 Å². The molecule has 0 amide bonds. The number of fused-ring (bicyclic) bond motifs is 2. The summed E-state index contributed by atoms with van der Waals surface area (Å²) in [7, 11) is 0. The number of nitrogens with one attached hydrogen (secondary N) is 1. The molecular weight excluding hydrogens is 413 g/mol. The van der Waals surface area contributed by atoms with E-state index < -0.39 is 13.1 Å². The number of hydrogen-bond donors (Lipinski definition) is 2. The first-order chi connectivity index (χ1) is 16.8. The summed E-state index contributed by atoms with van der Waals surface area (Å²) in [5.74, 6) is 0.362. The second-order valence-electron chi connectivity index (χ2n) is 8.71. The van der Waals surface area contributed by atoms with Gasteiger partial charge in [-0.05, 0) is 49.5 Å². The lowest BCUT2D eigenvalue weighted by atomic mass is 9.96. The number of rotatable bonds is 5. The predicted molar refractivity (Wildman–Crippen MR) is 113 cm³/mol. The molecule has 0 unspecified atom stereocenters. The van der Waals surface area contributed by atoms with E-state index in [-0.39, 0.29) is 29.7 Å². The van der Waals surface area contributed by atoms with Crippen molar-refractivity contribution < 1.29 is 13.6 Å². The van der Waals surface area contributed by atoms with Crippen molar-refractivity contribution in [3.8, 4) is 28.4 Å². The van der Waals surface area contributed by atoms with Crippen LogP contribution in [0.4, 0.5) is 10.3 Å². The highest BCUT2D eigenvalue weighted by atomic mass is 19.1. The molecule has 6 rings (SSSR count). The number of phenols is 1. The number of halogens is 1. The maximum Gasteiger partial charge on any atom is 0.245 e. The second kappa shape index (κ2) is 7.44. The molecule has 32 heavy (non-hydrogen) atoms. The van der Waals surface area contributed by atoms with E-state index in [1.54, 1.807) is 12.1 Å². The van der Waals surface area contributed by atoms with Gasteiger partial charge < -0.3 is 15.3 Å². The van der Waals surface area contributed by atoms with Crippen molar-refractivity contribution in [3.63, 3.8) is 0 Å². The molecule has 3 fully saturated rings. The number of benzene rings is 1. The number of nitrogens with zero attached hydrogens (tertiary/aromatic N) is 8. The average molecular weight is 441 g/mol. The van der Waals surface area contributed by atoms with Gasteiger partial charge in [-0.1, -0.05) is 6.07 Å². The topological polar surface area (TPSA) is 118 Å². The van der Waals surface area contributed by atoms with E-state index >= 15 is 4.39 Å². The van der Waals surface area contributed by atoms with Crippen LogP contribution in [-0.4, -0.2) is 70.8 Å². The van der Waals surface area contributed by atoms with Crippen LogP contribution in [-0.2, 0) is 6.98 Å².